The Morgan fingerprint density at radius 2 is 1.94 bits per heavy atom. The normalized spacial score (nSPS) is 10.6. The van der Waals surface area contributed by atoms with E-state index in [0.29, 0.717) is 11.6 Å². The van der Waals surface area contributed by atoms with Crippen molar-refractivity contribution < 1.29 is 4.74 Å². The summed E-state index contributed by atoms with van der Waals surface area (Å²) in [6.45, 7) is 1.78. The van der Waals surface area contributed by atoms with Crippen LogP contribution >= 0.6 is 0 Å². The predicted octanol–water partition coefficient (Wildman–Crippen LogP) is 0.0652. The molecular weight excluding hydrogens is 206 g/mol. The van der Waals surface area contributed by atoms with Crippen LogP contribution in [0.3, 0.4) is 0 Å². The lowest BCUT2D eigenvalue weighted by molar-refractivity contribution is 0.404. The Hall–Kier alpha value is -1.56. The van der Waals surface area contributed by atoms with E-state index in [0.717, 1.165) is 18.9 Å². The van der Waals surface area contributed by atoms with Gasteiger partial charge in [-0.15, -0.1) is 0 Å². The molecule has 6 nitrogen and oxygen atoms in total. The standard InChI is InChI=1S/C10H19N5O/c1-14(2)5-6-15(3)10-8(16-4)9(11)12-7-13-10/h7H,5-6H2,1-4H3,(H2,11,12,13). The van der Waals surface area contributed by atoms with E-state index in [-0.39, 0.29) is 0 Å². The third kappa shape index (κ3) is 2.96. The number of nitrogens with zero attached hydrogens (tertiary/aromatic N) is 4. The highest BCUT2D eigenvalue weighted by Gasteiger charge is 2.13. The maximum absolute atomic E-state index is 5.71. The van der Waals surface area contributed by atoms with Crippen LogP contribution < -0.4 is 15.4 Å². The first-order valence-electron chi connectivity index (χ1n) is 5.06. The van der Waals surface area contributed by atoms with Gasteiger partial charge in [-0.1, -0.05) is 0 Å². The molecule has 0 bridgehead atoms. The highest BCUT2D eigenvalue weighted by molar-refractivity contribution is 5.62. The van der Waals surface area contributed by atoms with E-state index in [1.165, 1.54) is 6.33 Å². The second-order valence-electron chi connectivity index (χ2n) is 3.84. The van der Waals surface area contributed by atoms with Gasteiger partial charge >= 0.3 is 0 Å². The van der Waals surface area contributed by atoms with Crippen LogP contribution in [-0.2, 0) is 0 Å². The van der Waals surface area contributed by atoms with Crippen molar-refractivity contribution in [2.75, 3.05) is 52.0 Å². The third-order valence-electron chi connectivity index (χ3n) is 2.26. The van der Waals surface area contributed by atoms with E-state index in [1.807, 2.05) is 26.0 Å². The SMILES string of the molecule is COc1c(N)ncnc1N(C)CCN(C)C. The Morgan fingerprint density at radius 1 is 1.25 bits per heavy atom. The Bertz CT molecular complexity index is 342. The molecule has 90 valence electrons. The molecule has 1 rings (SSSR count). The molecule has 0 spiro atoms. The summed E-state index contributed by atoms with van der Waals surface area (Å²) in [7, 11) is 7.57. The summed E-state index contributed by atoms with van der Waals surface area (Å²) in [4.78, 5) is 12.2. The molecule has 0 unspecified atom stereocenters. The maximum Gasteiger partial charge on any atom is 0.204 e. The van der Waals surface area contributed by atoms with Crippen LogP contribution in [-0.4, -0.2) is 56.2 Å². The molecule has 0 aromatic carbocycles. The minimum atomic E-state index is 0.365. The van der Waals surface area contributed by atoms with Crippen molar-refractivity contribution in [1.82, 2.24) is 14.9 Å². The average Bonchev–Trinajstić information content (AvgIpc) is 2.25. The van der Waals surface area contributed by atoms with Gasteiger partial charge < -0.3 is 20.3 Å². The van der Waals surface area contributed by atoms with Gasteiger partial charge in [-0.05, 0) is 14.1 Å². The van der Waals surface area contributed by atoms with Gasteiger partial charge in [-0.3, -0.25) is 0 Å². The Balaban J connectivity index is 2.82. The molecule has 1 aromatic rings. The summed E-state index contributed by atoms with van der Waals surface area (Å²) in [5.41, 5.74) is 5.71. The summed E-state index contributed by atoms with van der Waals surface area (Å²) >= 11 is 0. The van der Waals surface area contributed by atoms with Crippen LogP contribution in [0.15, 0.2) is 6.33 Å². The van der Waals surface area contributed by atoms with Gasteiger partial charge in [0, 0.05) is 20.1 Å². The first-order valence-corrected chi connectivity index (χ1v) is 5.06. The number of methoxy groups -OCH3 is 1. The second kappa shape index (κ2) is 5.50. The monoisotopic (exact) mass is 225 g/mol. The number of nitrogen functional groups attached to an aromatic ring is 1. The van der Waals surface area contributed by atoms with Crippen molar-refractivity contribution in [3.05, 3.63) is 6.33 Å². The molecule has 1 aromatic heterocycles. The van der Waals surface area contributed by atoms with E-state index < -0.39 is 0 Å². The lowest BCUT2D eigenvalue weighted by atomic mass is 10.4. The molecule has 16 heavy (non-hydrogen) atoms. The average molecular weight is 225 g/mol. The smallest absolute Gasteiger partial charge is 0.204 e. The zero-order valence-electron chi connectivity index (χ0n) is 10.3. The largest absolute Gasteiger partial charge is 0.490 e. The van der Waals surface area contributed by atoms with E-state index in [9.17, 15) is 0 Å². The molecule has 1 heterocycles. The zero-order valence-corrected chi connectivity index (χ0v) is 10.3. The van der Waals surface area contributed by atoms with Crippen LogP contribution in [0.5, 0.6) is 5.75 Å². The molecule has 0 atom stereocenters. The lowest BCUT2D eigenvalue weighted by Crippen LogP contribution is -2.29. The first kappa shape index (κ1) is 12.5. The van der Waals surface area contributed by atoms with Crippen molar-refractivity contribution in [2.24, 2.45) is 0 Å². The lowest BCUT2D eigenvalue weighted by Gasteiger charge is -2.22. The molecule has 0 fully saturated rings. The third-order valence-corrected chi connectivity index (χ3v) is 2.26. The maximum atomic E-state index is 5.71. The number of hydrogen-bond acceptors (Lipinski definition) is 6. The molecular formula is C10H19N5O. The summed E-state index contributed by atoms with van der Waals surface area (Å²) in [6.07, 6.45) is 1.44. The molecule has 0 amide bonds. The van der Waals surface area contributed by atoms with Crippen molar-refractivity contribution in [2.45, 2.75) is 0 Å². The Kier molecular flexibility index (Phi) is 4.30. The summed E-state index contributed by atoms with van der Waals surface area (Å²) < 4.78 is 5.20. The summed E-state index contributed by atoms with van der Waals surface area (Å²) in [6, 6.07) is 0. The van der Waals surface area contributed by atoms with Crippen molar-refractivity contribution in [3.8, 4) is 5.75 Å². The van der Waals surface area contributed by atoms with Crippen LogP contribution in [0.25, 0.3) is 0 Å². The molecule has 0 aliphatic rings. The van der Waals surface area contributed by atoms with Gasteiger partial charge in [0.25, 0.3) is 0 Å². The van der Waals surface area contributed by atoms with Gasteiger partial charge in [0.2, 0.25) is 5.75 Å². The van der Waals surface area contributed by atoms with Crippen LogP contribution in [0.2, 0.25) is 0 Å². The van der Waals surface area contributed by atoms with Crippen LogP contribution in [0.1, 0.15) is 0 Å². The predicted molar refractivity (Wildman–Crippen MR) is 64.8 cm³/mol. The minimum Gasteiger partial charge on any atom is -0.490 e. The number of likely N-dealkylation sites (N-methyl/N-ethyl adjacent to an activating group) is 2. The zero-order chi connectivity index (χ0) is 12.1. The topological polar surface area (TPSA) is 67.5 Å². The van der Waals surface area contributed by atoms with Crippen LogP contribution in [0, 0.1) is 0 Å². The fourth-order valence-corrected chi connectivity index (χ4v) is 1.30. The van der Waals surface area contributed by atoms with E-state index in [1.54, 1.807) is 7.11 Å². The molecule has 0 saturated heterocycles. The number of nitrogens with two attached hydrogens (primary N) is 1. The van der Waals surface area contributed by atoms with E-state index in [4.69, 9.17) is 10.5 Å². The van der Waals surface area contributed by atoms with E-state index >= 15 is 0 Å². The van der Waals surface area contributed by atoms with Crippen molar-refractivity contribution >= 4 is 11.6 Å². The second-order valence-corrected chi connectivity index (χ2v) is 3.84. The fourth-order valence-electron chi connectivity index (χ4n) is 1.30. The van der Waals surface area contributed by atoms with E-state index in [2.05, 4.69) is 14.9 Å². The van der Waals surface area contributed by atoms with Gasteiger partial charge in [0.05, 0.1) is 7.11 Å². The fraction of sp³-hybridized carbons (Fsp3) is 0.600. The van der Waals surface area contributed by atoms with Gasteiger partial charge in [0.15, 0.2) is 11.6 Å². The van der Waals surface area contributed by atoms with Gasteiger partial charge in [-0.25, -0.2) is 9.97 Å². The molecule has 0 aliphatic heterocycles. The number of aromatic nitrogens is 2. The summed E-state index contributed by atoms with van der Waals surface area (Å²) in [5.74, 6) is 1.62. The van der Waals surface area contributed by atoms with Crippen molar-refractivity contribution in [3.63, 3.8) is 0 Å². The molecule has 0 saturated carbocycles. The molecule has 2 N–H and O–H groups in total. The molecule has 6 heteroatoms. The molecule has 0 radical (unpaired) electrons. The quantitative estimate of drug-likeness (QED) is 0.764. The summed E-state index contributed by atoms with van der Waals surface area (Å²) in [5, 5.41) is 0. The Morgan fingerprint density at radius 3 is 2.50 bits per heavy atom. The highest BCUT2D eigenvalue weighted by Crippen LogP contribution is 2.28. The Labute approximate surface area is 96.0 Å². The number of ether oxygens (including phenoxy) is 1. The number of rotatable bonds is 5. The van der Waals surface area contributed by atoms with Crippen molar-refractivity contribution in [1.29, 1.82) is 0 Å². The van der Waals surface area contributed by atoms with Gasteiger partial charge in [0.1, 0.15) is 6.33 Å². The van der Waals surface area contributed by atoms with Gasteiger partial charge in [-0.2, -0.15) is 0 Å². The highest BCUT2D eigenvalue weighted by atomic mass is 16.5. The number of anilines is 2. The number of hydrogen-bond donors (Lipinski definition) is 1. The first-order chi connectivity index (χ1) is 7.56. The minimum absolute atomic E-state index is 0.365. The van der Waals surface area contributed by atoms with Crippen LogP contribution in [0.4, 0.5) is 11.6 Å². The molecule has 0 aliphatic carbocycles.